The van der Waals surface area contributed by atoms with Crippen LogP contribution < -0.4 is 5.73 Å². The van der Waals surface area contributed by atoms with E-state index in [9.17, 15) is 0 Å². The van der Waals surface area contributed by atoms with Crippen molar-refractivity contribution >= 4 is 0 Å². The molecule has 0 aliphatic rings. The highest BCUT2D eigenvalue weighted by molar-refractivity contribution is 4.74. The van der Waals surface area contributed by atoms with Crippen LogP contribution in [0.2, 0.25) is 0 Å². The fourth-order valence-electron chi connectivity index (χ4n) is 2.28. The van der Waals surface area contributed by atoms with Crippen LogP contribution in [0.4, 0.5) is 0 Å². The van der Waals surface area contributed by atoms with Crippen molar-refractivity contribution in [3.63, 3.8) is 0 Å². The Morgan fingerprint density at radius 1 is 1.00 bits per heavy atom. The molecule has 0 bridgehead atoms. The maximum atomic E-state index is 5.88. The zero-order valence-corrected chi connectivity index (χ0v) is 11.8. The maximum Gasteiger partial charge on any atom is 0.0218 e. The molecule has 2 nitrogen and oxygen atoms in total. The van der Waals surface area contributed by atoms with Gasteiger partial charge in [0.1, 0.15) is 0 Å². The highest BCUT2D eigenvalue weighted by Gasteiger charge is 2.17. The van der Waals surface area contributed by atoms with Gasteiger partial charge in [-0.2, -0.15) is 0 Å². The summed E-state index contributed by atoms with van der Waals surface area (Å²) in [6, 6.07) is 1.25. The van der Waals surface area contributed by atoms with Gasteiger partial charge < -0.3 is 5.73 Å². The molecule has 2 N–H and O–H groups in total. The zero-order chi connectivity index (χ0) is 12.4. The second-order valence-corrected chi connectivity index (χ2v) is 5.04. The molecule has 0 aromatic rings. The maximum absolute atomic E-state index is 5.88. The Kier molecular flexibility index (Phi) is 10.0. The van der Waals surface area contributed by atoms with E-state index >= 15 is 0 Å². The average Bonchev–Trinajstić information content (AvgIpc) is 2.29. The van der Waals surface area contributed by atoms with Crippen LogP contribution in [-0.4, -0.2) is 30.6 Å². The van der Waals surface area contributed by atoms with Crippen LogP contribution in [0.3, 0.4) is 0 Å². The summed E-state index contributed by atoms with van der Waals surface area (Å²) in [5.74, 6) is 0. The van der Waals surface area contributed by atoms with E-state index in [0.717, 1.165) is 6.54 Å². The van der Waals surface area contributed by atoms with Crippen LogP contribution in [0.15, 0.2) is 0 Å². The van der Waals surface area contributed by atoms with Crippen molar-refractivity contribution in [2.45, 2.75) is 77.8 Å². The number of nitrogens with zero attached hydrogens (tertiary/aromatic N) is 1. The molecule has 0 saturated heterocycles. The molecule has 0 fully saturated rings. The SMILES string of the molecule is CCCCCCC(CN)N(C)C(C)CCC. The molecule has 0 heterocycles. The van der Waals surface area contributed by atoms with E-state index in [4.69, 9.17) is 5.73 Å². The molecule has 0 aliphatic heterocycles. The minimum Gasteiger partial charge on any atom is -0.329 e. The van der Waals surface area contributed by atoms with Gasteiger partial charge in [0.25, 0.3) is 0 Å². The van der Waals surface area contributed by atoms with Gasteiger partial charge >= 0.3 is 0 Å². The largest absolute Gasteiger partial charge is 0.329 e. The lowest BCUT2D eigenvalue weighted by molar-refractivity contribution is 0.168. The van der Waals surface area contributed by atoms with Gasteiger partial charge in [-0.1, -0.05) is 46.0 Å². The van der Waals surface area contributed by atoms with Gasteiger partial charge in [0.05, 0.1) is 0 Å². The molecule has 0 rings (SSSR count). The predicted octanol–water partition coefficient (Wildman–Crippen LogP) is 3.40. The van der Waals surface area contributed by atoms with E-state index in [0.29, 0.717) is 12.1 Å². The number of hydrogen-bond acceptors (Lipinski definition) is 2. The molecular weight excluding hydrogens is 196 g/mol. The molecule has 0 saturated carbocycles. The van der Waals surface area contributed by atoms with Gasteiger partial charge in [-0.05, 0) is 26.8 Å². The fraction of sp³-hybridized carbons (Fsp3) is 1.00. The van der Waals surface area contributed by atoms with E-state index in [1.807, 2.05) is 0 Å². The van der Waals surface area contributed by atoms with Crippen LogP contribution in [0.25, 0.3) is 0 Å². The second-order valence-electron chi connectivity index (χ2n) is 5.04. The third kappa shape index (κ3) is 6.49. The molecule has 0 amide bonds. The van der Waals surface area contributed by atoms with Gasteiger partial charge in [-0.15, -0.1) is 0 Å². The Balaban J connectivity index is 3.86. The first kappa shape index (κ1) is 15.9. The monoisotopic (exact) mass is 228 g/mol. The summed E-state index contributed by atoms with van der Waals surface area (Å²) in [4.78, 5) is 2.48. The van der Waals surface area contributed by atoms with Crippen LogP contribution in [0, 0.1) is 0 Å². The minimum absolute atomic E-state index is 0.582. The van der Waals surface area contributed by atoms with Gasteiger partial charge in [-0.25, -0.2) is 0 Å². The highest BCUT2D eigenvalue weighted by atomic mass is 15.2. The summed E-state index contributed by atoms with van der Waals surface area (Å²) in [6.07, 6.45) is 9.18. The fourth-order valence-corrected chi connectivity index (χ4v) is 2.28. The Labute approximate surface area is 103 Å². The summed E-state index contributed by atoms with van der Waals surface area (Å²) in [7, 11) is 2.23. The number of likely N-dealkylation sites (N-methyl/N-ethyl adjacent to an activating group) is 1. The Morgan fingerprint density at radius 3 is 2.19 bits per heavy atom. The average molecular weight is 228 g/mol. The van der Waals surface area contributed by atoms with Crippen LogP contribution >= 0.6 is 0 Å². The minimum atomic E-state index is 0.582. The molecule has 0 spiro atoms. The Morgan fingerprint density at radius 2 is 1.69 bits per heavy atom. The van der Waals surface area contributed by atoms with Crippen molar-refractivity contribution in [3.05, 3.63) is 0 Å². The third-order valence-electron chi connectivity index (χ3n) is 3.64. The third-order valence-corrected chi connectivity index (χ3v) is 3.64. The summed E-state index contributed by atoms with van der Waals surface area (Å²) in [5.41, 5.74) is 5.88. The molecule has 98 valence electrons. The molecule has 0 aliphatic carbocycles. The number of unbranched alkanes of at least 4 members (excludes halogenated alkanes) is 3. The quantitative estimate of drug-likeness (QED) is 0.581. The van der Waals surface area contributed by atoms with Gasteiger partial charge in [0, 0.05) is 18.6 Å². The van der Waals surface area contributed by atoms with E-state index in [1.165, 1.54) is 44.9 Å². The lowest BCUT2D eigenvalue weighted by atomic mass is 10.0. The number of rotatable bonds is 10. The second kappa shape index (κ2) is 10.1. The first-order valence-corrected chi connectivity index (χ1v) is 7.09. The normalized spacial score (nSPS) is 15.4. The Bertz CT molecular complexity index is 148. The lowest BCUT2D eigenvalue weighted by Crippen LogP contribution is -2.43. The van der Waals surface area contributed by atoms with Crippen molar-refractivity contribution < 1.29 is 0 Å². The van der Waals surface area contributed by atoms with Gasteiger partial charge in [0.15, 0.2) is 0 Å². The van der Waals surface area contributed by atoms with Crippen molar-refractivity contribution in [1.29, 1.82) is 0 Å². The molecule has 0 radical (unpaired) electrons. The predicted molar refractivity (Wildman–Crippen MR) is 73.7 cm³/mol. The molecule has 0 aromatic heterocycles. The first-order chi connectivity index (χ1) is 7.67. The van der Waals surface area contributed by atoms with Crippen molar-refractivity contribution in [3.8, 4) is 0 Å². The van der Waals surface area contributed by atoms with Gasteiger partial charge in [0.2, 0.25) is 0 Å². The summed E-state index contributed by atoms with van der Waals surface area (Å²) >= 11 is 0. The van der Waals surface area contributed by atoms with E-state index in [-0.39, 0.29) is 0 Å². The van der Waals surface area contributed by atoms with E-state index < -0.39 is 0 Å². The smallest absolute Gasteiger partial charge is 0.0218 e. The summed E-state index contributed by atoms with van der Waals surface area (Å²) in [5, 5.41) is 0. The molecule has 2 heteroatoms. The summed E-state index contributed by atoms with van der Waals surface area (Å²) in [6.45, 7) is 7.63. The lowest BCUT2D eigenvalue weighted by Gasteiger charge is -2.32. The summed E-state index contributed by atoms with van der Waals surface area (Å²) < 4.78 is 0. The topological polar surface area (TPSA) is 29.3 Å². The van der Waals surface area contributed by atoms with Crippen molar-refractivity contribution in [2.75, 3.05) is 13.6 Å². The van der Waals surface area contributed by atoms with E-state index in [1.54, 1.807) is 0 Å². The molecular formula is C14H32N2. The molecule has 2 atom stereocenters. The highest BCUT2D eigenvalue weighted by Crippen LogP contribution is 2.13. The van der Waals surface area contributed by atoms with Crippen molar-refractivity contribution in [2.24, 2.45) is 5.73 Å². The number of nitrogens with two attached hydrogens (primary N) is 1. The van der Waals surface area contributed by atoms with E-state index in [2.05, 4.69) is 32.7 Å². The van der Waals surface area contributed by atoms with Gasteiger partial charge in [-0.3, -0.25) is 4.90 Å². The molecule has 16 heavy (non-hydrogen) atoms. The Hall–Kier alpha value is -0.0800. The van der Waals surface area contributed by atoms with Crippen LogP contribution in [0.5, 0.6) is 0 Å². The van der Waals surface area contributed by atoms with Crippen LogP contribution in [0.1, 0.15) is 65.7 Å². The van der Waals surface area contributed by atoms with Crippen molar-refractivity contribution in [1.82, 2.24) is 4.90 Å². The number of hydrogen-bond donors (Lipinski definition) is 1. The standard InChI is InChI=1S/C14H32N2/c1-5-7-8-9-11-14(12-15)16(4)13(3)10-6-2/h13-14H,5-12,15H2,1-4H3. The first-order valence-electron chi connectivity index (χ1n) is 7.09. The van der Waals surface area contributed by atoms with Crippen LogP contribution in [-0.2, 0) is 0 Å². The zero-order valence-electron chi connectivity index (χ0n) is 11.8. The molecule has 2 unspecified atom stereocenters. The molecule has 0 aromatic carbocycles.